The van der Waals surface area contributed by atoms with Gasteiger partial charge in [0.05, 0.1) is 0 Å². The van der Waals surface area contributed by atoms with Gasteiger partial charge >= 0.3 is 0 Å². The fraction of sp³-hybridized carbons (Fsp3) is 0.333. The van der Waals surface area contributed by atoms with Crippen LogP contribution in [0.4, 0.5) is 0 Å². The van der Waals surface area contributed by atoms with Gasteiger partial charge in [-0.15, -0.1) is 0 Å². The van der Waals surface area contributed by atoms with E-state index in [1.807, 2.05) is 0 Å². The number of nitrogens with one attached hydrogen (secondary N) is 3. The van der Waals surface area contributed by atoms with Crippen LogP contribution < -0.4 is 15.5 Å². The maximum Gasteiger partial charge on any atom is 0.245 e. The highest BCUT2D eigenvalue weighted by Gasteiger charge is 2.17. The number of hydrogen-bond donors (Lipinski definition) is 3. The van der Waals surface area contributed by atoms with Crippen molar-refractivity contribution in [3.63, 3.8) is 0 Å². The number of pyridine rings is 1. The summed E-state index contributed by atoms with van der Waals surface area (Å²) in [4.78, 5) is 24.3. The van der Waals surface area contributed by atoms with E-state index in [1.54, 1.807) is 0 Å². The number of H-pyrrole nitrogens is 1. The van der Waals surface area contributed by atoms with Crippen LogP contribution in [-0.2, 0) is 14.8 Å². The minimum atomic E-state index is -3.87. The number of aromatic amines is 1. The molecule has 0 atom stereocenters. The summed E-state index contributed by atoms with van der Waals surface area (Å²) in [5.41, 5.74) is -0.601. The minimum absolute atomic E-state index is 0.0144. The van der Waals surface area contributed by atoms with Crippen LogP contribution in [0.1, 0.15) is 6.42 Å². The first-order valence-corrected chi connectivity index (χ1v) is 6.33. The predicted octanol–water partition coefficient (Wildman–Crippen LogP) is -1.21. The van der Waals surface area contributed by atoms with Crippen molar-refractivity contribution in [3.8, 4) is 0 Å². The molecule has 1 aromatic rings. The van der Waals surface area contributed by atoms with Gasteiger partial charge in [0.15, 0.2) is 0 Å². The Morgan fingerprint density at radius 2 is 2.18 bits per heavy atom. The Bertz CT molecular complexity index is 549. The molecule has 0 bridgehead atoms. The van der Waals surface area contributed by atoms with Crippen molar-refractivity contribution in [1.29, 1.82) is 0 Å². The largest absolute Gasteiger partial charge is 0.366 e. The molecule has 0 unspecified atom stereocenters. The van der Waals surface area contributed by atoms with Crippen LogP contribution >= 0.6 is 0 Å². The van der Waals surface area contributed by atoms with E-state index in [0.29, 0.717) is 0 Å². The lowest BCUT2D eigenvalue weighted by molar-refractivity contribution is -0.120. The van der Waals surface area contributed by atoms with E-state index in [9.17, 15) is 18.0 Å². The highest BCUT2D eigenvalue weighted by molar-refractivity contribution is 7.89. The molecule has 0 spiro atoms. The van der Waals surface area contributed by atoms with Crippen molar-refractivity contribution in [1.82, 2.24) is 15.0 Å². The lowest BCUT2D eigenvalue weighted by atomic mass is 10.4. The van der Waals surface area contributed by atoms with Gasteiger partial charge in [-0.25, -0.2) is 13.1 Å². The van der Waals surface area contributed by atoms with E-state index >= 15 is 0 Å². The zero-order valence-corrected chi connectivity index (χ0v) is 10.0. The summed E-state index contributed by atoms with van der Waals surface area (Å²) in [6, 6.07) is 1.12. The summed E-state index contributed by atoms with van der Waals surface area (Å²) < 4.78 is 25.5. The van der Waals surface area contributed by atoms with Crippen LogP contribution in [0, 0.1) is 0 Å². The van der Waals surface area contributed by atoms with Crippen molar-refractivity contribution in [2.24, 2.45) is 0 Å². The van der Waals surface area contributed by atoms with Crippen molar-refractivity contribution in [2.45, 2.75) is 11.3 Å². The Labute approximate surface area is 98.3 Å². The third kappa shape index (κ3) is 3.68. The van der Waals surface area contributed by atoms with Gasteiger partial charge in [0.2, 0.25) is 21.4 Å². The van der Waals surface area contributed by atoms with Crippen LogP contribution in [0.15, 0.2) is 28.2 Å². The second-order valence-electron chi connectivity index (χ2n) is 3.19. The molecule has 0 saturated heterocycles. The summed E-state index contributed by atoms with van der Waals surface area (Å²) in [7, 11) is -2.41. The fourth-order valence-corrected chi connectivity index (χ4v) is 2.19. The van der Waals surface area contributed by atoms with E-state index in [2.05, 4.69) is 15.0 Å². The summed E-state index contributed by atoms with van der Waals surface area (Å²) >= 11 is 0. The number of amides is 1. The van der Waals surface area contributed by atoms with E-state index < -0.39 is 15.5 Å². The van der Waals surface area contributed by atoms with Gasteiger partial charge in [-0.3, -0.25) is 9.59 Å². The average Bonchev–Trinajstić information content (AvgIpc) is 2.28. The standard InChI is InChI=1S/C9H13N3O4S/c1-10-9(14)3-5-12-17(15,16)8-6-11-4-2-7(8)13/h2,4,6,12H,3,5H2,1H3,(H,10,14)(H,11,13). The first-order valence-electron chi connectivity index (χ1n) is 4.84. The molecule has 0 aliphatic heterocycles. The lowest BCUT2D eigenvalue weighted by Gasteiger charge is -2.05. The number of aromatic nitrogens is 1. The molecule has 0 aromatic carbocycles. The van der Waals surface area contributed by atoms with Gasteiger partial charge in [0.25, 0.3) is 0 Å². The minimum Gasteiger partial charge on any atom is -0.366 e. The number of carbonyl (C=O) groups excluding carboxylic acids is 1. The summed E-state index contributed by atoms with van der Waals surface area (Å²) in [5, 5.41) is 2.36. The van der Waals surface area contributed by atoms with Crippen LogP contribution in [0.25, 0.3) is 0 Å². The van der Waals surface area contributed by atoms with Gasteiger partial charge in [-0.2, -0.15) is 0 Å². The molecule has 0 aliphatic carbocycles. The second kappa shape index (κ2) is 5.60. The molecule has 0 aliphatic rings. The van der Waals surface area contributed by atoms with Gasteiger partial charge in [0, 0.05) is 38.5 Å². The number of sulfonamides is 1. The SMILES string of the molecule is CNC(=O)CCNS(=O)(=O)c1c[nH]ccc1=O. The quantitative estimate of drug-likeness (QED) is 0.616. The number of carbonyl (C=O) groups is 1. The molecular formula is C9H13N3O4S. The van der Waals surface area contributed by atoms with Crippen LogP contribution in [0.5, 0.6) is 0 Å². The normalized spacial score (nSPS) is 11.1. The zero-order chi connectivity index (χ0) is 12.9. The average molecular weight is 259 g/mol. The molecular weight excluding hydrogens is 246 g/mol. The molecule has 1 heterocycles. The summed E-state index contributed by atoms with van der Waals surface area (Å²) in [5.74, 6) is -0.283. The van der Waals surface area contributed by atoms with E-state index in [0.717, 1.165) is 12.3 Å². The van der Waals surface area contributed by atoms with Crippen molar-refractivity contribution < 1.29 is 13.2 Å². The highest BCUT2D eigenvalue weighted by atomic mass is 32.2. The molecule has 8 heteroatoms. The van der Waals surface area contributed by atoms with Crippen LogP contribution in [0.3, 0.4) is 0 Å². The molecule has 1 rings (SSSR count). The Balaban J connectivity index is 2.74. The molecule has 0 fully saturated rings. The molecule has 3 N–H and O–H groups in total. The topological polar surface area (TPSA) is 108 Å². The molecule has 17 heavy (non-hydrogen) atoms. The van der Waals surface area contributed by atoms with Gasteiger partial charge in [-0.1, -0.05) is 0 Å². The number of hydrogen-bond acceptors (Lipinski definition) is 4. The van der Waals surface area contributed by atoms with Crippen molar-refractivity contribution in [2.75, 3.05) is 13.6 Å². The Kier molecular flexibility index (Phi) is 4.41. The van der Waals surface area contributed by atoms with Gasteiger partial charge in [-0.05, 0) is 0 Å². The first-order chi connectivity index (χ1) is 7.97. The maximum absolute atomic E-state index is 11.7. The fourth-order valence-electron chi connectivity index (χ4n) is 1.11. The molecule has 0 saturated carbocycles. The molecule has 1 amide bonds. The van der Waals surface area contributed by atoms with E-state index in [4.69, 9.17) is 0 Å². The lowest BCUT2D eigenvalue weighted by Crippen LogP contribution is -2.31. The Hall–Kier alpha value is -1.67. The third-order valence-corrected chi connectivity index (χ3v) is 3.48. The van der Waals surface area contributed by atoms with Gasteiger partial charge in [0.1, 0.15) is 4.90 Å². The third-order valence-electron chi connectivity index (χ3n) is 2.00. The van der Waals surface area contributed by atoms with Crippen LogP contribution in [0.2, 0.25) is 0 Å². The molecule has 0 radical (unpaired) electrons. The molecule has 7 nitrogen and oxygen atoms in total. The van der Waals surface area contributed by atoms with Crippen molar-refractivity contribution in [3.05, 3.63) is 28.7 Å². The Morgan fingerprint density at radius 1 is 1.47 bits per heavy atom. The van der Waals surface area contributed by atoms with E-state index in [-0.39, 0.29) is 23.8 Å². The summed E-state index contributed by atoms with van der Waals surface area (Å²) in [6.07, 6.45) is 2.46. The Morgan fingerprint density at radius 3 is 2.76 bits per heavy atom. The maximum atomic E-state index is 11.7. The van der Waals surface area contributed by atoms with Crippen LogP contribution in [-0.4, -0.2) is 32.9 Å². The first kappa shape index (κ1) is 13.4. The molecule has 1 aromatic heterocycles. The monoisotopic (exact) mass is 259 g/mol. The molecule has 94 valence electrons. The smallest absolute Gasteiger partial charge is 0.245 e. The summed E-state index contributed by atoms with van der Waals surface area (Å²) in [6.45, 7) is -0.0592. The zero-order valence-electron chi connectivity index (χ0n) is 9.19. The van der Waals surface area contributed by atoms with Crippen molar-refractivity contribution >= 4 is 15.9 Å². The highest BCUT2D eigenvalue weighted by Crippen LogP contribution is 1.99. The predicted molar refractivity (Wildman–Crippen MR) is 60.9 cm³/mol. The van der Waals surface area contributed by atoms with E-state index in [1.165, 1.54) is 13.2 Å². The van der Waals surface area contributed by atoms with Gasteiger partial charge < -0.3 is 10.3 Å². The number of rotatable bonds is 5. The second-order valence-corrected chi connectivity index (χ2v) is 4.93.